The highest BCUT2D eigenvalue weighted by molar-refractivity contribution is 5.97. The van der Waals surface area contributed by atoms with Crippen LogP contribution in [-0.4, -0.2) is 36.5 Å². The van der Waals surface area contributed by atoms with E-state index in [2.05, 4.69) is 4.74 Å². The van der Waals surface area contributed by atoms with Gasteiger partial charge in [-0.15, -0.1) is 0 Å². The fraction of sp³-hybridized carbons (Fsp3) is 0.533. The van der Waals surface area contributed by atoms with Crippen molar-refractivity contribution in [1.29, 1.82) is 0 Å². The van der Waals surface area contributed by atoms with Gasteiger partial charge in [-0.25, -0.2) is 4.39 Å². The molecule has 1 saturated heterocycles. The topological polar surface area (TPSA) is 55.6 Å². The third-order valence-electron chi connectivity index (χ3n) is 3.99. The van der Waals surface area contributed by atoms with Crippen molar-refractivity contribution in [2.24, 2.45) is 11.1 Å². The zero-order valence-electron chi connectivity index (χ0n) is 12.5. The second-order valence-electron chi connectivity index (χ2n) is 6.13. The Bertz CT molecular complexity index is 564. The highest BCUT2D eigenvalue weighted by atomic mass is 19.3. The van der Waals surface area contributed by atoms with Crippen molar-refractivity contribution in [2.75, 3.05) is 13.1 Å². The predicted octanol–water partition coefficient (Wildman–Crippen LogP) is 2.63. The van der Waals surface area contributed by atoms with Gasteiger partial charge in [0, 0.05) is 25.2 Å². The van der Waals surface area contributed by atoms with E-state index in [9.17, 15) is 18.0 Å². The summed E-state index contributed by atoms with van der Waals surface area (Å²) in [5, 5.41) is 0. The molecule has 4 nitrogen and oxygen atoms in total. The Morgan fingerprint density at radius 1 is 1.45 bits per heavy atom. The number of amides is 1. The lowest BCUT2D eigenvalue weighted by molar-refractivity contribution is -0.0505. The molecule has 0 radical (unpaired) electrons. The van der Waals surface area contributed by atoms with Crippen molar-refractivity contribution < 1.29 is 22.7 Å². The van der Waals surface area contributed by atoms with Crippen LogP contribution in [0.2, 0.25) is 0 Å². The van der Waals surface area contributed by atoms with Crippen LogP contribution in [0.1, 0.15) is 30.6 Å². The van der Waals surface area contributed by atoms with Gasteiger partial charge >= 0.3 is 6.61 Å². The average molecular weight is 316 g/mol. The Morgan fingerprint density at radius 3 is 2.73 bits per heavy atom. The molecule has 2 N–H and O–H groups in total. The van der Waals surface area contributed by atoms with Crippen molar-refractivity contribution in [2.45, 2.75) is 32.9 Å². The summed E-state index contributed by atoms with van der Waals surface area (Å²) in [5.41, 5.74) is 5.66. The molecule has 1 fully saturated rings. The van der Waals surface area contributed by atoms with Crippen LogP contribution in [0.5, 0.6) is 5.75 Å². The molecule has 1 unspecified atom stereocenters. The van der Waals surface area contributed by atoms with Gasteiger partial charge in [0.1, 0.15) is 11.6 Å². The Hall–Kier alpha value is -1.76. The number of nitrogens with zero attached hydrogens (tertiary/aromatic N) is 1. The van der Waals surface area contributed by atoms with Crippen molar-refractivity contribution >= 4 is 5.91 Å². The monoisotopic (exact) mass is 316 g/mol. The number of carbonyl (C=O) groups excluding carboxylic acids is 1. The largest absolute Gasteiger partial charge is 0.434 e. The molecule has 0 bridgehead atoms. The molecule has 7 heteroatoms. The summed E-state index contributed by atoms with van der Waals surface area (Å²) in [6.07, 6.45) is 0.616. The van der Waals surface area contributed by atoms with Gasteiger partial charge in [0.2, 0.25) is 0 Å². The molecule has 1 aliphatic rings. The van der Waals surface area contributed by atoms with Crippen LogP contribution in [0.25, 0.3) is 0 Å². The third kappa shape index (κ3) is 3.52. The number of benzene rings is 1. The van der Waals surface area contributed by atoms with E-state index < -0.39 is 24.1 Å². The zero-order valence-corrected chi connectivity index (χ0v) is 12.5. The standard InChI is InChI=1S/C15H19F3N2O2/c1-15(2)8-20(6-5-12(15)19)13(21)10-4-3-9(16)7-11(10)22-14(17)18/h3-4,7,12,14H,5-6,8,19H2,1-2H3. The minimum atomic E-state index is -3.13. The number of ether oxygens (including phenoxy) is 1. The molecule has 2 rings (SSSR count). The first kappa shape index (κ1) is 16.6. The Balaban J connectivity index is 2.26. The first-order chi connectivity index (χ1) is 10.2. The summed E-state index contributed by atoms with van der Waals surface area (Å²) in [5.74, 6) is -1.66. The number of likely N-dealkylation sites (tertiary alicyclic amines) is 1. The minimum absolute atomic E-state index is 0.0402. The number of halogens is 3. The van der Waals surface area contributed by atoms with Crippen LogP contribution in [0, 0.1) is 11.2 Å². The van der Waals surface area contributed by atoms with E-state index in [1.54, 1.807) is 0 Å². The van der Waals surface area contributed by atoms with Crippen molar-refractivity contribution in [3.8, 4) is 5.75 Å². The second-order valence-corrected chi connectivity index (χ2v) is 6.13. The highest BCUT2D eigenvalue weighted by Gasteiger charge is 2.36. The predicted molar refractivity (Wildman–Crippen MR) is 75.3 cm³/mol. The van der Waals surface area contributed by atoms with E-state index in [-0.39, 0.29) is 17.0 Å². The van der Waals surface area contributed by atoms with E-state index in [1.807, 2.05) is 13.8 Å². The van der Waals surface area contributed by atoms with Gasteiger partial charge in [-0.1, -0.05) is 13.8 Å². The molecule has 1 aromatic carbocycles. The Kier molecular flexibility index (Phi) is 4.65. The molecule has 0 spiro atoms. The molecule has 1 heterocycles. The third-order valence-corrected chi connectivity index (χ3v) is 3.99. The summed E-state index contributed by atoms with van der Waals surface area (Å²) < 4.78 is 42.3. The molecular weight excluding hydrogens is 297 g/mol. The number of hydrogen-bond donors (Lipinski definition) is 1. The Labute approximate surface area is 127 Å². The molecule has 1 aromatic rings. The number of alkyl halides is 2. The van der Waals surface area contributed by atoms with Gasteiger partial charge in [-0.3, -0.25) is 4.79 Å². The molecule has 0 saturated carbocycles. The SMILES string of the molecule is CC1(C)CN(C(=O)c2ccc(F)cc2OC(F)F)CCC1N. The zero-order chi connectivity index (χ0) is 16.5. The molecule has 122 valence electrons. The van der Waals surface area contributed by atoms with E-state index in [0.717, 1.165) is 18.2 Å². The lowest BCUT2D eigenvalue weighted by atomic mass is 9.79. The summed E-state index contributed by atoms with van der Waals surface area (Å²) >= 11 is 0. The lowest BCUT2D eigenvalue weighted by Crippen LogP contribution is -2.54. The first-order valence-corrected chi connectivity index (χ1v) is 7.00. The molecular formula is C15H19F3N2O2. The van der Waals surface area contributed by atoms with Crippen LogP contribution >= 0.6 is 0 Å². The quantitative estimate of drug-likeness (QED) is 0.932. The summed E-state index contributed by atoms with van der Waals surface area (Å²) in [4.78, 5) is 14.1. The maximum absolute atomic E-state index is 13.2. The molecule has 1 aliphatic heterocycles. The van der Waals surface area contributed by atoms with Crippen molar-refractivity contribution in [3.05, 3.63) is 29.6 Å². The van der Waals surface area contributed by atoms with E-state index >= 15 is 0 Å². The number of piperidine rings is 1. The molecule has 0 aromatic heterocycles. The summed E-state index contributed by atoms with van der Waals surface area (Å²) in [7, 11) is 0. The first-order valence-electron chi connectivity index (χ1n) is 7.00. The summed E-state index contributed by atoms with van der Waals surface area (Å²) in [6, 6.07) is 2.96. The number of carbonyl (C=O) groups is 1. The van der Waals surface area contributed by atoms with Crippen LogP contribution in [-0.2, 0) is 0 Å². The van der Waals surface area contributed by atoms with E-state index in [0.29, 0.717) is 19.5 Å². The van der Waals surface area contributed by atoms with Gasteiger partial charge in [0.25, 0.3) is 5.91 Å². The van der Waals surface area contributed by atoms with Gasteiger partial charge in [-0.2, -0.15) is 8.78 Å². The Morgan fingerprint density at radius 2 is 2.14 bits per heavy atom. The molecule has 1 amide bonds. The number of nitrogens with two attached hydrogens (primary N) is 1. The normalized spacial score (nSPS) is 21.0. The van der Waals surface area contributed by atoms with Crippen LogP contribution in [0.4, 0.5) is 13.2 Å². The van der Waals surface area contributed by atoms with Crippen molar-refractivity contribution in [1.82, 2.24) is 4.90 Å². The molecule has 22 heavy (non-hydrogen) atoms. The molecule has 0 aliphatic carbocycles. The van der Waals surface area contributed by atoms with Crippen LogP contribution < -0.4 is 10.5 Å². The van der Waals surface area contributed by atoms with E-state index in [4.69, 9.17) is 5.73 Å². The number of hydrogen-bond acceptors (Lipinski definition) is 3. The van der Waals surface area contributed by atoms with Crippen LogP contribution in [0.15, 0.2) is 18.2 Å². The maximum Gasteiger partial charge on any atom is 0.387 e. The fourth-order valence-electron chi connectivity index (χ4n) is 2.58. The van der Waals surface area contributed by atoms with Crippen LogP contribution in [0.3, 0.4) is 0 Å². The minimum Gasteiger partial charge on any atom is -0.434 e. The van der Waals surface area contributed by atoms with Gasteiger partial charge < -0.3 is 15.4 Å². The smallest absolute Gasteiger partial charge is 0.387 e. The second kappa shape index (κ2) is 6.16. The average Bonchev–Trinajstić information content (AvgIpc) is 2.40. The summed E-state index contributed by atoms with van der Waals surface area (Å²) in [6.45, 7) is 1.59. The maximum atomic E-state index is 13.2. The molecule has 1 atom stereocenters. The van der Waals surface area contributed by atoms with Crippen molar-refractivity contribution in [3.63, 3.8) is 0 Å². The lowest BCUT2D eigenvalue weighted by Gasteiger charge is -2.42. The fourth-order valence-corrected chi connectivity index (χ4v) is 2.58. The highest BCUT2D eigenvalue weighted by Crippen LogP contribution is 2.30. The number of rotatable bonds is 3. The van der Waals surface area contributed by atoms with Gasteiger partial charge in [0.15, 0.2) is 0 Å². The van der Waals surface area contributed by atoms with Gasteiger partial charge in [0.05, 0.1) is 5.56 Å². The van der Waals surface area contributed by atoms with Gasteiger partial charge in [-0.05, 0) is 24.0 Å². The van der Waals surface area contributed by atoms with E-state index in [1.165, 1.54) is 4.90 Å².